The summed E-state index contributed by atoms with van der Waals surface area (Å²) in [5.74, 6) is -2.35. The second-order valence-electron chi connectivity index (χ2n) is 3.06. The minimum atomic E-state index is -1.44. The van der Waals surface area contributed by atoms with Gasteiger partial charge >= 0.3 is 11.9 Å². The molecule has 0 radical (unpaired) electrons. The molecule has 1 rings (SSSR count). The van der Waals surface area contributed by atoms with Crippen LogP contribution in [0.15, 0.2) is 28.7 Å². The normalized spacial score (nSPS) is 9.73. The van der Waals surface area contributed by atoms with E-state index in [-0.39, 0.29) is 6.54 Å². The lowest BCUT2D eigenvalue weighted by atomic mass is 10.2. The molecule has 0 spiro atoms. The van der Waals surface area contributed by atoms with Crippen LogP contribution in [0.25, 0.3) is 0 Å². The summed E-state index contributed by atoms with van der Waals surface area (Å²) in [6.07, 6.45) is 0. The number of halogens is 1. The fourth-order valence-electron chi connectivity index (χ4n) is 1.12. The van der Waals surface area contributed by atoms with Crippen molar-refractivity contribution in [1.82, 2.24) is 4.90 Å². The zero-order valence-electron chi connectivity index (χ0n) is 8.11. The minimum absolute atomic E-state index is 0.270. The van der Waals surface area contributed by atoms with Gasteiger partial charge in [-0.1, -0.05) is 34.1 Å². The monoisotopic (exact) mass is 271 g/mol. The third-order valence-corrected chi connectivity index (χ3v) is 2.67. The summed E-state index contributed by atoms with van der Waals surface area (Å²) in [4.78, 5) is 22.6. The number of carboxylic acids is 1. The minimum Gasteiger partial charge on any atom is -0.474 e. The number of hydrogen-bond acceptors (Lipinski definition) is 2. The summed E-state index contributed by atoms with van der Waals surface area (Å²) in [5, 5.41) is 8.50. The van der Waals surface area contributed by atoms with Crippen LogP contribution in [-0.2, 0) is 16.1 Å². The lowest BCUT2D eigenvalue weighted by Gasteiger charge is -2.15. The zero-order chi connectivity index (χ0) is 11.4. The third-order valence-electron chi connectivity index (χ3n) is 1.90. The van der Waals surface area contributed by atoms with Gasteiger partial charge in [-0.05, 0) is 11.6 Å². The van der Waals surface area contributed by atoms with Crippen LogP contribution in [0.4, 0.5) is 0 Å². The maximum absolute atomic E-state index is 11.1. The molecule has 80 valence electrons. The van der Waals surface area contributed by atoms with Crippen LogP contribution in [0, 0.1) is 0 Å². The molecule has 0 saturated heterocycles. The first-order chi connectivity index (χ1) is 7.02. The number of carbonyl (C=O) groups is 2. The van der Waals surface area contributed by atoms with Gasteiger partial charge in [0.05, 0.1) is 0 Å². The van der Waals surface area contributed by atoms with E-state index in [9.17, 15) is 9.59 Å². The van der Waals surface area contributed by atoms with E-state index in [2.05, 4.69) is 15.9 Å². The third kappa shape index (κ3) is 3.06. The van der Waals surface area contributed by atoms with Gasteiger partial charge in [0, 0.05) is 18.1 Å². The van der Waals surface area contributed by atoms with E-state index < -0.39 is 11.9 Å². The molecule has 1 aromatic carbocycles. The van der Waals surface area contributed by atoms with Crippen molar-refractivity contribution in [2.75, 3.05) is 7.05 Å². The van der Waals surface area contributed by atoms with Crippen molar-refractivity contribution in [1.29, 1.82) is 0 Å². The van der Waals surface area contributed by atoms with E-state index in [0.29, 0.717) is 0 Å². The molecule has 0 aliphatic heterocycles. The highest BCUT2D eigenvalue weighted by Gasteiger charge is 2.17. The molecule has 1 amide bonds. The number of benzene rings is 1. The van der Waals surface area contributed by atoms with Crippen LogP contribution < -0.4 is 0 Å². The predicted octanol–water partition coefficient (Wildman–Crippen LogP) is 1.49. The number of carboxylic acid groups (broad SMARTS) is 1. The maximum atomic E-state index is 11.1. The van der Waals surface area contributed by atoms with Gasteiger partial charge in [-0.15, -0.1) is 0 Å². The van der Waals surface area contributed by atoms with Gasteiger partial charge in [0.2, 0.25) is 0 Å². The predicted molar refractivity (Wildman–Crippen MR) is 58.3 cm³/mol. The van der Waals surface area contributed by atoms with Crippen LogP contribution in [-0.4, -0.2) is 28.9 Å². The van der Waals surface area contributed by atoms with Gasteiger partial charge in [-0.2, -0.15) is 0 Å². The quantitative estimate of drug-likeness (QED) is 0.830. The van der Waals surface area contributed by atoms with Gasteiger partial charge in [0.1, 0.15) is 0 Å². The lowest BCUT2D eigenvalue weighted by Crippen LogP contribution is -2.32. The van der Waals surface area contributed by atoms with Crippen molar-refractivity contribution in [2.45, 2.75) is 6.54 Å². The number of nitrogens with zero attached hydrogens (tertiary/aromatic N) is 1. The highest BCUT2D eigenvalue weighted by molar-refractivity contribution is 9.10. The maximum Gasteiger partial charge on any atom is 0.394 e. The number of likely N-dealkylation sites (N-methyl/N-ethyl adjacent to an activating group) is 1. The SMILES string of the molecule is CN(Cc1ccccc1Br)C(=O)C(=O)O. The van der Waals surface area contributed by atoms with Crippen molar-refractivity contribution in [2.24, 2.45) is 0 Å². The Morgan fingerprint density at radius 2 is 2.00 bits per heavy atom. The van der Waals surface area contributed by atoms with Crippen molar-refractivity contribution >= 4 is 27.8 Å². The van der Waals surface area contributed by atoms with Gasteiger partial charge in [-0.25, -0.2) is 4.79 Å². The second kappa shape index (κ2) is 4.93. The molecule has 4 nitrogen and oxygen atoms in total. The lowest BCUT2D eigenvalue weighted by molar-refractivity contribution is -0.155. The molecule has 0 fully saturated rings. The Bertz CT molecular complexity index is 392. The summed E-state index contributed by atoms with van der Waals surface area (Å²) in [5.41, 5.74) is 0.870. The molecule has 5 heteroatoms. The number of aliphatic carboxylic acids is 1. The van der Waals surface area contributed by atoms with E-state index in [1.165, 1.54) is 7.05 Å². The molecule has 0 aliphatic rings. The van der Waals surface area contributed by atoms with Crippen LogP contribution >= 0.6 is 15.9 Å². The molecule has 0 bridgehead atoms. The number of hydrogen-bond donors (Lipinski definition) is 1. The van der Waals surface area contributed by atoms with Gasteiger partial charge in [-0.3, -0.25) is 4.79 Å². The molecule has 0 heterocycles. The van der Waals surface area contributed by atoms with Crippen LogP contribution in [0.2, 0.25) is 0 Å². The zero-order valence-corrected chi connectivity index (χ0v) is 9.69. The van der Waals surface area contributed by atoms with E-state index >= 15 is 0 Å². The van der Waals surface area contributed by atoms with Gasteiger partial charge in [0.25, 0.3) is 0 Å². The van der Waals surface area contributed by atoms with E-state index in [0.717, 1.165) is 14.9 Å². The number of carbonyl (C=O) groups excluding carboxylic acids is 1. The largest absolute Gasteiger partial charge is 0.474 e. The molecule has 0 aromatic heterocycles. The fourth-order valence-corrected chi connectivity index (χ4v) is 1.53. The molecule has 0 aliphatic carbocycles. The summed E-state index contributed by atoms with van der Waals surface area (Å²) >= 11 is 3.33. The van der Waals surface area contributed by atoms with E-state index in [1.54, 1.807) is 0 Å². The molecule has 0 unspecified atom stereocenters. The van der Waals surface area contributed by atoms with Crippen molar-refractivity contribution in [3.05, 3.63) is 34.3 Å². The molecule has 0 saturated carbocycles. The second-order valence-corrected chi connectivity index (χ2v) is 3.91. The van der Waals surface area contributed by atoms with E-state index in [4.69, 9.17) is 5.11 Å². The molecule has 0 atom stereocenters. The highest BCUT2D eigenvalue weighted by Crippen LogP contribution is 2.17. The van der Waals surface area contributed by atoms with Crippen LogP contribution in [0.5, 0.6) is 0 Å². The van der Waals surface area contributed by atoms with Crippen LogP contribution in [0.1, 0.15) is 5.56 Å². The van der Waals surface area contributed by atoms with Crippen LogP contribution in [0.3, 0.4) is 0 Å². The van der Waals surface area contributed by atoms with Crippen molar-refractivity contribution < 1.29 is 14.7 Å². The number of amides is 1. The Morgan fingerprint density at radius 3 is 2.53 bits per heavy atom. The van der Waals surface area contributed by atoms with Gasteiger partial charge < -0.3 is 10.0 Å². The summed E-state index contributed by atoms with van der Waals surface area (Å²) < 4.78 is 0.857. The smallest absolute Gasteiger partial charge is 0.394 e. The molecule has 15 heavy (non-hydrogen) atoms. The first kappa shape index (κ1) is 11.7. The first-order valence-electron chi connectivity index (χ1n) is 4.24. The molecule has 1 N–H and O–H groups in total. The first-order valence-corrected chi connectivity index (χ1v) is 5.03. The number of rotatable bonds is 2. The Balaban J connectivity index is 2.75. The van der Waals surface area contributed by atoms with Crippen molar-refractivity contribution in [3.8, 4) is 0 Å². The Hall–Kier alpha value is -1.36. The standard InChI is InChI=1S/C10H10BrNO3/c1-12(9(13)10(14)15)6-7-4-2-3-5-8(7)11/h2-5H,6H2,1H3,(H,14,15). The van der Waals surface area contributed by atoms with Gasteiger partial charge in [0.15, 0.2) is 0 Å². The van der Waals surface area contributed by atoms with Crippen molar-refractivity contribution in [3.63, 3.8) is 0 Å². The molecular formula is C10H10BrNO3. The summed E-state index contributed by atoms with van der Waals surface area (Å²) in [6, 6.07) is 7.36. The Morgan fingerprint density at radius 1 is 1.40 bits per heavy atom. The topological polar surface area (TPSA) is 57.6 Å². The highest BCUT2D eigenvalue weighted by atomic mass is 79.9. The van der Waals surface area contributed by atoms with E-state index in [1.807, 2.05) is 24.3 Å². The molecule has 1 aromatic rings. The molecular weight excluding hydrogens is 262 g/mol. The Labute approximate surface area is 95.6 Å². The summed E-state index contributed by atoms with van der Waals surface area (Å²) in [6.45, 7) is 0.270. The average Bonchev–Trinajstić information content (AvgIpc) is 2.20. The Kier molecular flexibility index (Phi) is 3.85. The fraction of sp³-hybridized carbons (Fsp3) is 0.200. The average molecular weight is 272 g/mol. The summed E-state index contributed by atoms with van der Waals surface area (Å²) in [7, 11) is 1.45.